The number of rotatable bonds is 8. The lowest BCUT2D eigenvalue weighted by Gasteiger charge is -2.13. The summed E-state index contributed by atoms with van der Waals surface area (Å²) >= 11 is 0. The van der Waals surface area contributed by atoms with Crippen molar-refractivity contribution in [1.29, 1.82) is 0 Å². The van der Waals surface area contributed by atoms with Crippen LogP contribution in [0.1, 0.15) is 19.8 Å². The maximum Gasteiger partial charge on any atom is 0.204 e. The molecule has 0 bridgehead atoms. The third-order valence-corrected chi connectivity index (χ3v) is 3.15. The Morgan fingerprint density at radius 3 is 2.48 bits per heavy atom. The molecule has 1 heterocycles. The maximum atomic E-state index is 13.9. The Balaban J connectivity index is 1.89. The molecule has 4 nitrogen and oxygen atoms in total. The first kappa shape index (κ1) is 16.0. The van der Waals surface area contributed by atoms with Crippen LogP contribution in [0, 0.1) is 11.6 Å². The molecule has 118 valence electrons. The fourth-order valence-electron chi connectivity index (χ4n) is 2.05. The summed E-state index contributed by atoms with van der Waals surface area (Å²) in [5.74, 6) is -2.35. The van der Waals surface area contributed by atoms with Crippen LogP contribution in [0.15, 0.2) is 12.1 Å². The van der Waals surface area contributed by atoms with Crippen molar-refractivity contribution in [1.82, 2.24) is 0 Å². The van der Waals surface area contributed by atoms with E-state index in [1.165, 1.54) is 12.1 Å². The van der Waals surface area contributed by atoms with Crippen molar-refractivity contribution in [3.8, 4) is 11.5 Å². The van der Waals surface area contributed by atoms with Gasteiger partial charge in [0.15, 0.2) is 11.5 Å². The molecule has 0 amide bonds. The van der Waals surface area contributed by atoms with Gasteiger partial charge in [0, 0.05) is 13.2 Å². The fraction of sp³-hybridized carbons (Fsp3) is 0.600. The molecule has 0 radical (unpaired) electrons. The summed E-state index contributed by atoms with van der Waals surface area (Å²) in [7, 11) is 0. The van der Waals surface area contributed by atoms with Crippen LogP contribution in [0.3, 0.4) is 0 Å². The largest absolute Gasteiger partial charge is 0.488 e. The molecular weight excluding hydrogens is 282 g/mol. The van der Waals surface area contributed by atoms with E-state index < -0.39 is 11.6 Å². The van der Waals surface area contributed by atoms with Gasteiger partial charge in [-0.05, 0) is 31.9 Å². The van der Waals surface area contributed by atoms with Crippen molar-refractivity contribution in [2.24, 2.45) is 0 Å². The minimum absolute atomic E-state index is 0.0467. The molecular formula is C15H20F2O4. The van der Waals surface area contributed by atoms with E-state index in [0.29, 0.717) is 19.8 Å². The predicted molar refractivity (Wildman–Crippen MR) is 72.8 cm³/mol. The van der Waals surface area contributed by atoms with Gasteiger partial charge in [0.05, 0.1) is 12.7 Å². The van der Waals surface area contributed by atoms with Crippen LogP contribution in [0.25, 0.3) is 0 Å². The van der Waals surface area contributed by atoms with Gasteiger partial charge in [0.25, 0.3) is 0 Å². The average Bonchev–Trinajstić information content (AvgIpc) is 3.00. The zero-order valence-electron chi connectivity index (χ0n) is 12.1. The smallest absolute Gasteiger partial charge is 0.204 e. The predicted octanol–water partition coefficient (Wildman–Crippen LogP) is 2.94. The number of ether oxygens (including phenoxy) is 4. The van der Waals surface area contributed by atoms with Gasteiger partial charge in [-0.1, -0.05) is 0 Å². The van der Waals surface area contributed by atoms with E-state index in [0.717, 1.165) is 12.8 Å². The summed E-state index contributed by atoms with van der Waals surface area (Å²) in [5, 5.41) is 0. The molecule has 6 heteroatoms. The van der Waals surface area contributed by atoms with Crippen molar-refractivity contribution in [2.45, 2.75) is 25.9 Å². The summed E-state index contributed by atoms with van der Waals surface area (Å²) in [6.45, 7) is 3.81. The third-order valence-electron chi connectivity index (χ3n) is 3.15. The van der Waals surface area contributed by atoms with Crippen LogP contribution < -0.4 is 9.47 Å². The van der Waals surface area contributed by atoms with E-state index in [1.54, 1.807) is 0 Å². The summed E-state index contributed by atoms with van der Waals surface area (Å²) in [6.07, 6.45) is 1.80. The van der Waals surface area contributed by atoms with E-state index in [9.17, 15) is 8.78 Å². The minimum Gasteiger partial charge on any atom is -0.488 e. The van der Waals surface area contributed by atoms with E-state index in [1.807, 2.05) is 6.92 Å². The Bertz CT molecular complexity index is 448. The van der Waals surface area contributed by atoms with Crippen molar-refractivity contribution in [3.05, 3.63) is 23.8 Å². The first-order valence-corrected chi connectivity index (χ1v) is 7.15. The Labute approximate surface area is 122 Å². The first-order valence-electron chi connectivity index (χ1n) is 7.15. The topological polar surface area (TPSA) is 36.9 Å². The SMILES string of the molecule is CCOCCOc1ccc(OCC2CCCO2)c(F)c1F. The van der Waals surface area contributed by atoms with Gasteiger partial charge >= 0.3 is 0 Å². The van der Waals surface area contributed by atoms with Crippen LogP contribution in [-0.2, 0) is 9.47 Å². The number of hydrogen-bond donors (Lipinski definition) is 0. The fourth-order valence-corrected chi connectivity index (χ4v) is 2.05. The lowest BCUT2D eigenvalue weighted by molar-refractivity contribution is 0.0661. The minimum atomic E-state index is -1.05. The number of hydrogen-bond acceptors (Lipinski definition) is 4. The van der Waals surface area contributed by atoms with Gasteiger partial charge < -0.3 is 18.9 Å². The highest BCUT2D eigenvalue weighted by atomic mass is 19.2. The van der Waals surface area contributed by atoms with E-state index in [2.05, 4.69) is 0 Å². The second-order valence-corrected chi connectivity index (χ2v) is 4.68. The van der Waals surface area contributed by atoms with Crippen LogP contribution in [0.5, 0.6) is 11.5 Å². The number of halogens is 2. The van der Waals surface area contributed by atoms with E-state index >= 15 is 0 Å². The summed E-state index contributed by atoms with van der Waals surface area (Å²) < 4.78 is 48.5. The molecule has 0 saturated carbocycles. The van der Waals surface area contributed by atoms with E-state index in [-0.39, 0.29) is 30.8 Å². The third kappa shape index (κ3) is 4.54. The second-order valence-electron chi connectivity index (χ2n) is 4.68. The Morgan fingerprint density at radius 2 is 1.86 bits per heavy atom. The van der Waals surface area contributed by atoms with Gasteiger partial charge in [0.2, 0.25) is 11.6 Å². The molecule has 0 N–H and O–H groups in total. The molecule has 1 fully saturated rings. The molecule has 1 unspecified atom stereocenters. The van der Waals surface area contributed by atoms with Crippen LogP contribution in [0.2, 0.25) is 0 Å². The monoisotopic (exact) mass is 302 g/mol. The van der Waals surface area contributed by atoms with Crippen molar-refractivity contribution in [3.63, 3.8) is 0 Å². The molecule has 0 aromatic heterocycles. The lowest BCUT2D eigenvalue weighted by atomic mass is 10.2. The van der Waals surface area contributed by atoms with Crippen molar-refractivity contribution < 1.29 is 27.7 Å². The second kappa shape index (κ2) is 8.14. The molecule has 21 heavy (non-hydrogen) atoms. The maximum absolute atomic E-state index is 13.9. The molecule has 2 rings (SSSR count). The van der Waals surface area contributed by atoms with Crippen LogP contribution >= 0.6 is 0 Å². The molecule has 1 atom stereocenters. The first-order chi connectivity index (χ1) is 10.2. The molecule has 1 saturated heterocycles. The summed E-state index contributed by atoms with van der Waals surface area (Å²) in [5.41, 5.74) is 0. The molecule has 1 aliphatic heterocycles. The van der Waals surface area contributed by atoms with Gasteiger partial charge in [0.1, 0.15) is 13.2 Å². The van der Waals surface area contributed by atoms with Crippen molar-refractivity contribution in [2.75, 3.05) is 33.0 Å². The highest BCUT2D eigenvalue weighted by molar-refractivity contribution is 5.35. The normalized spacial score (nSPS) is 18.0. The zero-order chi connectivity index (χ0) is 15.1. The standard InChI is InChI=1S/C15H20F2O4/c1-2-18-8-9-20-12-5-6-13(15(17)14(12)16)21-10-11-4-3-7-19-11/h5-6,11H,2-4,7-10H2,1H3. The van der Waals surface area contributed by atoms with Gasteiger partial charge in [-0.3, -0.25) is 0 Å². The summed E-state index contributed by atoms with van der Waals surface area (Å²) in [4.78, 5) is 0. The Morgan fingerprint density at radius 1 is 1.14 bits per heavy atom. The molecule has 1 aromatic rings. The zero-order valence-corrected chi connectivity index (χ0v) is 12.1. The molecule has 1 aromatic carbocycles. The number of benzene rings is 1. The van der Waals surface area contributed by atoms with Gasteiger partial charge in [-0.25, -0.2) is 0 Å². The van der Waals surface area contributed by atoms with Crippen LogP contribution in [0.4, 0.5) is 8.78 Å². The highest BCUT2D eigenvalue weighted by Crippen LogP contribution is 2.28. The lowest BCUT2D eigenvalue weighted by Crippen LogP contribution is -2.17. The molecule has 1 aliphatic rings. The summed E-state index contributed by atoms with van der Waals surface area (Å²) in [6, 6.07) is 2.72. The molecule has 0 aliphatic carbocycles. The average molecular weight is 302 g/mol. The molecule has 0 spiro atoms. The van der Waals surface area contributed by atoms with Gasteiger partial charge in [-0.2, -0.15) is 8.78 Å². The quantitative estimate of drug-likeness (QED) is 0.692. The van der Waals surface area contributed by atoms with E-state index in [4.69, 9.17) is 18.9 Å². The van der Waals surface area contributed by atoms with Crippen molar-refractivity contribution >= 4 is 0 Å². The van der Waals surface area contributed by atoms with Crippen LogP contribution in [-0.4, -0.2) is 39.1 Å². The Hall–Kier alpha value is -1.40. The Kier molecular flexibility index (Phi) is 6.20. The van der Waals surface area contributed by atoms with Gasteiger partial charge in [-0.15, -0.1) is 0 Å². The highest BCUT2D eigenvalue weighted by Gasteiger charge is 2.19.